The monoisotopic (exact) mass is 424 g/mol. The molecule has 4 rings (SSSR count). The van der Waals surface area contributed by atoms with Gasteiger partial charge in [0.25, 0.3) is 10.0 Å². The largest absolute Gasteiger partial charge is 0.490 e. The predicted octanol–water partition coefficient (Wildman–Crippen LogP) is 4.41. The van der Waals surface area contributed by atoms with Crippen LogP contribution in [0.25, 0.3) is 10.8 Å². The van der Waals surface area contributed by atoms with Crippen LogP contribution in [0, 0.1) is 5.41 Å². The normalized spacial score (nSPS) is 16.0. The minimum Gasteiger partial charge on any atom is -0.490 e. The first-order chi connectivity index (χ1) is 14.2. The Hall–Kier alpha value is -3.06. The number of nitrogens with zero attached hydrogens (tertiary/aromatic N) is 1. The van der Waals surface area contributed by atoms with Crippen molar-refractivity contribution < 1.29 is 17.9 Å². The van der Waals surface area contributed by atoms with Crippen LogP contribution in [0.5, 0.6) is 5.75 Å². The van der Waals surface area contributed by atoms with E-state index >= 15 is 0 Å². The highest BCUT2D eigenvalue weighted by Crippen LogP contribution is 2.38. The number of anilines is 2. The molecule has 1 N–H and O–H groups in total. The van der Waals surface area contributed by atoms with E-state index in [2.05, 4.69) is 4.72 Å². The molecule has 0 spiro atoms. The summed E-state index contributed by atoms with van der Waals surface area (Å²) in [4.78, 5) is 14.7. The lowest BCUT2D eigenvalue weighted by molar-refractivity contribution is -0.127. The molecule has 3 aromatic carbocycles. The first kappa shape index (κ1) is 20.2. The molecule has 0 aliphatic carbocycles. The molecule has 6 nitrogen and oxygen atoms in total. The van der Waals surface area contributed by atoms with Crippen molar-refractivity contribution in [3.8, 4) is 5.75 Å². The van der Waals surface area contributed by atoms with Crippen molar-refractivity contribution in [2.75, 3.05) is 22.8 Å². The van der Waals surface area contributed by atoms with Gasteiger partial charge in [-0.2, -0.15) is 0 Å². The highest BCUT2D eigenvalue weighted by molar-refractivity contribution is 7.92. The maximum absolute atomic E-state index is 12.9. The fourth-order valence-corrected chi connectivity index (χ4v) is 4.66. The van der Waals surface area contributed by atoms with E-state index in [-0.39, 0.29) is 17.4 Å². The maximum Gasteiger partial charge on any atom is 0.261 e. The van der Waals surface area contributed by atoms with Gasteiger partial charge in [0.05, 0.1) is 21.7 Å². The number of nitrogens with one attached hydrogen (secondary N) is 1. The SMILES string of the molecule is CCN1C(=O)C(C)(C)COc2cc(NS(=O)(=O)c3ccc4ccccc4c3)ccc21. The second-order valence-corrected chi connectivity index (χ2v) is 9.70. The Morgan fingerprint density at radius 2 is 1.77 bits per heavy atom. The van der Waals surface area contributed by atoms with Crippen molar-refractivity contribution in [1.29, 1.82) is 0 Å². The third-order valence-electron chi connectivity index (χ3n) is 5.26. The number of fused-ring (bicyclic) bond motifs is 2. The van der Waals surface area contributed by atoms with Crippen LogP contribution in [0.4, 0.5) is 11.4 Å². The molecule has 0 atom stereocenters. The summed E-state index contributed by atoms with van der Waals surface area (Å²) in [6.07, 6.45) is 0. The van der Waals surface area contributed by atoms with Gasteiger partial charge in [0.15, 0.2) is 0 Å². The smallest absolute Gasteiger partial charge is 0.261 e. The topological polar surface area (TPSA) is 75.7 Å². The summed E-state index contributed by atoms with van der Waals surface area (Å²) >= 11 is 0. The number of ether oxygens (including phenoxy) is 1. The molecule has 7 heteroatoms. The molecule has 3 aromatic rings. The van der Waals surface area contributed by atoms with Crippen LogP contribution in [0.15, 0.2) is 65.6 Å². The summed E-state index contributed by atoms with van der Waals surface area (Å²) in [5, 5.41) is 1.83. The van der Waals surface area contributed by atoms with E-state index in [1.54, 1.807) is 41.3 Å². The first-order valence-electron chi connectivity index (χ1n) is 9.82. The van der Waals surface area contributed by atoms with Crippen LogP contribution in [-0.2, 0) is 14.8 Å². The summed E-state index contributed by atoms with van der Waals surface area (Å²) in [6, 6.07) is 17.6. The predicted molar refractivity (Wildman–Crippen MR) is 119 cm³/mol. The fraction of sp³-hybridized carbons (Fsp3) is 0.261. The van der Waals surface area contributed by atoms with E-state index in [4.69, 9.17) is 4.74 Å². The summed E-state index contributed by atoms with van der Waals surface area (Å²) in [5.74, 6) is 0.461. The number of amides is 1. The Bertz CT molecular complexity index is 1230. The van der Waals surface area contributed by atoms with Crippen molar-refractivity contribution in [3.05, 3.63) is 60.7 Å². The Balaban J connectivity index is 1.67. The van der Waals surface area contributed by atoms with Crippen LogP contribution in [0.2, 0.25) is 0 Å². The second-order valence-electron chi connectivity index (χ2n) is 8.02. The van der Waals surface area contributed by atoms with Gasteiger partial charge in [0.1, 0.15) is 12.4 Å². The minimum atomic E-state index is -3.78. The van der Waals surface area contributed by atoms with Gasteiger partial charge in [-0.05, 0) is 55.8 Å². The molecule has 1 aliphatic rings. The Labute approximate surface area is 176 Å². The molecule has 1 amide bonds. The molecule has 0 bridgehead atoms. The average molecular weight is 425 g/mol. The highest BCUT2D eigenvalue weighted by atomic mass is 32.2. The Morgan fingerprint density at radius 3 is 2.50 bits per heavy atom. The maximum atomic E-state index is 12.9. The number of hydrogen-bond acceptors (Lipinski definition) is 4. The first-order valence-corrected chi connectivity index (χ1v) is 11.3. The van der Waals surface area contributed by atoms with Crippen molar-refractivity contribution in [1.82, 2.24) is 0 Å². The number of rotatable bonds is 4. The van der Waals surface area contributed by atoms with E-state index in [1.165, 1.54) is 0 Å². The highest BCUT2D eigenvalue weighted by Gasteiger charge is 2.37. The number of sulfonamides is 1. The summed E-state index contributed by atoms with van der Waals surface area (Å²) in [6.45, 7) is 6.30. The van der Waals surface area contributed by atoms with E-state index in [0.29, 0.717) is 23.7 Å². The Kier molecular flexibility index (Phi) is 4.94. The molecule has 0 fully saturated rings. The van der Waals surface area contributed by atoms with Gasteiger partial charge in [-0.15, -0.1) is 0 Å². The molecule has 30 heavy (non-hydrogen) atoms. The lowest BCUT2D eigenvalue weighted by Gasteiger charge is -2.26. The second kappa shape index (κ2) is 7.32. The van der Waals surface area contributed by atoms with Crippen LogP contribution in [0.1, 0.15) is 20.8 Å². The summed E-state index contributed by atoms with van der Waals surface area (Å²) < 4.78 is 34.4. The van der Waals surface area contributed by atoms with E-state index < -0.39 is 15.4 Å². The molecule has 0 radical (unpaired) electrons. The van der Waals surface area contributed by atoms with E-state index in [0.717, 1.165) is 10.8 Å². The van der Waals surface area contributed by atoms with Crippen LogP contribution >= 0.6 is 0 Å². The van der Waals surface area contributed by atoms with Crippen molar-refractivity contribution >= 4 is 38.1 Å². The molecule has 0 saturated carbocycles. The van der Waals surface area contributed by atoms with Crippen molar-refractivity contribution in [2.24, 2.45) is 5.41 Å². The lowest BCUT2D eigenvalue weighted by Crippen LogP contribution is -2.42. The summed E-state index contributed by atoms with van der Waals surface area (Å²) in [7, 11) is -3.78. The van der Waals surface area contributed by atoms with Crippen LogP contribution in [-0.4, -0.2) is 27.5 Å². The zero-order chi connectivity index (χ0) is 21.5. The van der Waals surface area contributed by atoms with Gasteiger partial charge in [-0.3, -0.25) is 9.52 Å². The average Bonchev–Trinajstić information content (AvgIpc) is 2.81. The third-order valence-corrected chi connectivity index (χ3v) is 6.64. The molecular weight excluding hydrogens is 400 g/mol. The number of carbonyl (C=O) groups is 1. The van der Waals surface area contributed by atoms with Gasteiger partial charge in [-0.1, -0.05) is 30.3 Å². The van der Waals surface area contributed by atoms with Crippen molar-refractivity contribution in [3.63, 3.8) is 0 Å². The van der Waals surface area contributed by atoms with Gasteiger partial charge < -0.3 is 9.64 Å². The van der Waals surface area contributed by atoms with Gasteiger partial charge in [0, 0.05) is 12.6 Å². The van der Waals surface area contributed by atoms with E-state index in [1.807, 2.05) is 45.0 Å². The van der Waals surface area contributed by atoms with Crippen LogP contribution < -0.4 is 14.4 Å². The van der Waals surface area contributed by atoms with Gasteiger partial charge in [-0.25, -0.2) is 8.42 Å². The molecule has 1 aliphatic heterocycles. The van der Waals surface area contributed by atoms with Gasteiger partial charge in [0.2, 0.25) is 5.91 Å². The van der Waals surface area contributed by atoms with E-state index in [9.17, 15) is 13.2 Å². The molecule has 1 heterocycles. The quantitative estimate of drug-likeness (QED) is 0.673. The van der Waals surface area contributed by atoms with Crippen LogP contribution in [0.3, 0.4) is 0 Å². The zero-order valence-electron chi connectivity index (χ0n) is 17.2. The number of carbonyl (C=O) groups excluding carboxylic acids is 1. The fourth-order valence-electron chi connectivity index (χ4n) is 3.57. The zero-order valence-corrected chi connectivity index (χ0v) is 18.0. The lowest BCUT2D eigenvalue weighted by atomic mass is 9.93. The molecule has 0 saturated heterocycles. The third kappa shape index (κ3) is 3.61. The number of benzene rings is 3. The Morgan fingerprint density at radius 1 is 1.03 bits per heavy atom. The molecule has 0 aromatic heterocycles. The standard InChI is InChI=1S/C23H24N2O4S/c1-4-25-20-12-10-18(14-21(20)29-15-23(2,3)22(25)26)24-30(27,28)19-11-9-16-7-5-6-8-17(16)13-19/h5-14,24H,4,15H2,1-3H3. The molecular formula is C23H24N2O4S. The summed E-state index contributed by atoms with van der Waals surface area (Å²) in [5.41, 5.74) is 0.353. The van der Waals surface area contributed by atoms with Gasteiger partial charge >= 0.3 is 0 Å². The molecule has 156 valence electrons. The minimum absolute atomic E-state index is 0.0201. The molecule has 0 unspecified atom stereocenters. The number of hydrogen-bond donors (Lipinski definition) is 1. The van der Waals surface area contributed by atoms with Crippen molar-refractivity contribution in [2.45, 2.75) is 25.7 Å².